The summed E-state index contributed by atoms with van der Waals surface area (Å²) in [5.41, 5.74) is 3.69. The first-order valence-electron chi connectivity index (χ1n) is 5.64. The molecule has 0 spiro atoms. The van der Waals surface area contributed by atoms with Gasteiger partial charge in [0.1, 0.15) is 0 Å². The molecule has 0 radical (unpaired) electrons. The van der Waals surface area contributed by atoms with Crippen LogP contribution in [-0.2, 0) is 4.74 Å². The molecule has 0 bridgehead atoms. The Bertz CT molecular complexity index is 367. The normalized spacial score (nSPS) is 25.8. The molecule has 88 valence electrons. The third-order valence-corrected chi connectivity index (χ3v) is 3.59. The Labute approximate surface area is 105 Å². The number of aliphatic hydroxyl groups is 1. The average Bonchev–Trinajstić information content (AvgIpc) is 2.15. The minimum absolute atomic E-state index is 0.0526. The van der Waals surface area contributed by atoms with Crippen LogP contribution in [0, 0.1) is 13.8 Å². The summed E-state index contributed by atoms with van der Waals surface area (Å²) in [5, 5.41) is 9.69. The topological polar surface area (TPSA) is 29.5 Å². The monoisotopic (exact) mass is 284 g/mol. The van der Waals surface area contributed by atoms with Crippen molar-refractivity contribution >= 4 is 15.9 Å². The van der Waals surface area contributed by atoms with Gasteiger partial charge in [0.2, 0.25) is 0 Å². The molecule has 0 aliphatic carbocycles. The van der Waals surface area contributed by atoms with Crippen LogP contribution in [0.5, 0.6) is 0 Å². The predicted molar refractivity (Wildman–Crippen MR) is 67.5 cm³/mol. The van der Waals surface area contributed by atoms with Gasteiger partial charge < -0.3 is 9.84 Å². The quantitative estimate of drug-likeness (QED) is 0.858. The summed E-state index contributed by atoms with van der Waals surface area (Å²) in [4.78, 5) is 0. The molecule has 3 heteroatoms. The zero-order valence-corrected chi connectivity index (χ0v) is 11.3. The van der Waals surface area contributed by atoms with Gasteiger partial charge in [-0.05, 0) is 49.1 Å². The fourth-order valence-corrected chi connectivity index (χ4v) is 3.10. The number of rotatable bonds is 1. The van der Waals surface area contributed by atoms with E-state index in [-0.39, 0.29) is 12.2 Å². The second kappa shape index (κ2) is 4.86. The van der Waals surface area contributed by atoms with Crippen molar-refractivity contribution in [3.8, 4) is 0 Å². The van der Waals surface area contributed by atoms with E-state index in [0.29, 0.717) is 13.0 Å². The van der Waals surface area contributed by atoms with E-state index in [1.165, 1.54) is 16.7 Å². The van der Waals surface area contributed by atoms with Gasteiger partial charge in [-0.2, -0.15) is 0 Å². The van der Waals surface area contributed by atoms with Gasteiger partial charge in [-0.1, -0.05) is 15.9 Å². The predicted octanol–water partition coefficient (Wildman–Crippen LogP) is 3.28. The van der Waals surface area contributed by atoms with E-state index in [0.717, 1.165) is 10.9 Å². The van der Waals surface area contributed by atoms with Crippen molar-refractivity contribution < 1.29 is 9.84 Å². The van der Waals surface area contributed by atoms with E-state index in [4.69, 9.17) is 4.74 Å². The van der Waals surface area contributed by atoms with Crippen LogP contribution in [0.15, 0.2) is 16.6 Å². The summed E-state index contributed by atoms with van der Waals surface area (Å²) in [5.74, 6) is 0. The largest absolute Gasteiger partial charge is 0.393 e. The number of aryl methyl sites for hydroxylation is 2. The van der Waals surface area contributed by atoms with Crippen molar-refractivity contribution in [1.29, 1.82) is 0 Å². The van der Waals surface area contributed by atoms with Gasteiger partial charge in [-0.15, -0.1) is 0 Å². The standard InChI is InChI=1S/C13H17BrO2/c1-8-5-10(14)6-9(2)13(8)12-7-11(15)3-4-16-12/h5-6,11-12,15H,3-4,7H2,1-2H3. The fraction of sp³-hybridized carbons (Fsp3) is 0.538. The lowest BCUT2D eigenvalue weighted by Crippen LogP contribution is -2.24. The Morgan fingerprint density at radius 2 is 1.94 bits per heavy atom. The van der Waals surface area contributed by atoms with Crippen LogP contribution in [-0.4, -0.2) is 17.8 Å². The van der Waals surface area contributed by atoms with Crippen LogP contribution in [0.4, 0.5) is 0 Å². The Hall–Kier alpha value is -0.380. The maximum absolute atomic E-state index is 9.69. The second-order valence-corrected chi connectivity index (χ2v) is 5.41. The molecule has 0 amide bonds. The van der Waals surface area contributed by atoms with E-state index < -0.39 is 0 Å². The maximum Gasteiger partial charge on any atom is 0.0854 e. The zero-order valence-electron chi connectivity index (χ0n) is 9.66. The highest BCUT2D eigenvalue weighted by atomic mass is 79.9. The SMILES string of the molecule is Cc1cc(Br)cc(C)c1C1CC(O)CCO1. The van der Waals surface area contributed by atoms with Crippen molar-refractivity contribution in [3.05, 3.63) is 33.3 Å². The van der Waals surface area contributed by atoms with Crippen LogP contribution in [0.3, 0.4) is 0 Å². The minimum atomic E-state index is -0.221. The number of ether oxygens (including phenoxy) is 1. The molecule has 1 aromatic carbocycles. The van der Waals surface area contributed by atoms with Gasteiger partial charge in [0, 0.05) is 17.5 Å². The molecule has 1 aliphatic heterocycles. The molecular weight excluding hydrogens is 268 g/mol. The summed E-state index contributed by atoms with van der Waals surface area (Å²) < 4.78 is 6.86. The van der Waals surface area contributed by atoms with Crippen molar-refractivity contribution in [2.24, 2.45) is 0 Å². The number of hydrogen-bond donors (Lipinski definition) is 1. The van der Waals surface area contributed by atoms with Gasteiger partial charge in [0.15, 0.2) is 0 Å². The third-order valence-electron chi connectivity index (χ3n) is 3.14. The Balaban J connectivity index is 2.32. The van der Waals surface area contributed by atoms with Gasteiger partial charge in [0.05, 0.1) is 12.2 Å². The van der Waals surface area contributed by atoms with Gasteiger partial charge in [0.25, 0.3) is 0 Å². The van der Waals surface area contributed by atoms with Crippen LogP contribution in [0.2, 0.25) is 0 Å². The maximum atomic E-state index is 9.69. The van der Waals surface area contributed by atoms with Crippen molar-refractivity contribution in [3.63, 3.8) is 0 Å². The molecule has 1 aliphatic rings. The molecule has 1 aromatic rings. The summed E-state index contributed by atoms with van der Waals surface area (Å²) in [6.45, 7) is 4.84. The Morgan fingerprint density at radius 1 is 1.31 bits per heavy atom. The Kier molecular flexibility index (Phi) is 3.67. The molecule has 0 saturated carbocycles. The van der Waals surface area contributed by atoms with E-state index in [1.54, 1.807) is 0 Å². The third kappa shape index (κ3) is 2.47. The van der Waals surface area contributed by atoms with Crippen molar-refractivity contribution in [1.82, 2.24) is 0 Å². The first kappa shape index (κ1) is 12.1. The lowest BCUT2D eigenvalue weighted by molar-refractivity contribution is -0.0452. The molecule has 1 N–H and O–H groups in total. The molecular formula is C13H17BrO2. The molecule has 2 nitrogen and oxygen atoms in total. The summed E-state index contributed by atoms with van der Waals surface area (Å²) in [7, 11) is 0. The highest BCUT2D eigenvalue weighted by molar-refractivity contribution is 9.10. The number of aliphatic hydroxyl groups excluding tert-OH is 1. The van der Waals surface area contributed by atoms with Gasteiger partial charge in [-0.3, -0.25) is 0 Å². The summed E-state index contributed by atoms with van der Waals surface area (Å²) in [6.07, 6.45) is 1.30. The smallest absolute Gasteiger partial charge is 0.0854 e. The second-order valence-electron chi connectivity index (χ2n) is 4.49. The lowest BCUT2D eigenvalue weighted by atomic mass is 9.92. The van der Waals surface area contributed by atoms with E-state index in [9.17, 15) is 5.11 Å². The first-order valence-corrected chi connectivity index (χ1v) is 6.43. The average molecular weight is 285 g/mol. The van der Waals surface area contributed by atoms with Crippen LogP contribution >= 0.6 is 15.9 Å². The minimum Gasteiger partial charge on any atom is -0.393 e. The van der Waals surface area contributed by atoms with Crippen molar-refractivity contribution in [2.45, 2.75) is 38.9 Å². The van der Waals surface area contributed by atoms with Gasteiger partial charge >= 0.3 is 0 Å². The van der Waals surface area contributed by atoms with Crippen LogP contribution in [0.1, 0.15) is 35.6 Å². The van der Waals surface area contributed by atoms with Gasteiger partial charge in [-0.25, -0.2) is 0 Å². The van der Waals surface area contributed by atoms with E-state index >= 15 is 0 Å². The molecule has 1 saturated heterocycles. The van der Waals surface area contributed by atoms with E-state index in [1.807, 2.05) is 0 Å². The summed E-state index contributed by atoms with van der Waals surface area (Å²) in [6, 6.07) is 4.21. The lowest BCUT2D eigenvalue weighted by Gasteiger charge is -2.29. The molecule has 1 heterocycles. The summed E-state index contributed by atoms with van der Waals surface area (Å²) >= 11 is 3.49. The van der Waals surface area contributed by atoms with Crippen LogP contribution < -0.4 is 0 Å². The molecule has 2 unspecified atom stereocenters. The first-order chi connectivity index (χ1) is 7.58. The highest BCUT2D eigenvalue weighted by Gasteiger charge is 2.24. The molecule has 1 fully saturated rings. The molecule has 2 atom stereocenters. The molecule has 0 aromatic heterocycles. The number of hydrogen-bond acceptors (Lipinski definition) is 2. The Morgan fingerprint density at radius 3 is 2.50 bits per heavy atom. The molecule has 2 rings (SSSR count). The fourth-order valence-electron chi connectivity index (χ4n) is 2.41. The van der Waals surface area contributed by atoms with E-state index in [2.05, 4.69) is 41.9 Å². The highest BCUT2D eigenvalue weighted by Crippen LogP contribution is 2.33. The number of halogens is 1. The zero-order chi connectivity index (χ0) is 11.7. The number of benzene rings is 1. The van der Waals surface area contributed by atoms with Crippen LogP contribution in [0.25, 0.3) is 0 Å². The molecule has 16 heavy (non-hydrogen) atoms. The van der Waals surface area contributed by atoms with Crippen molar-refractivity contribution in [2.75, 3.05) is 6.61 Å².